The van der Waals surface area contributed by atoms with Gasteiger partial charge in [0, 0.05) is 21.2 Å². The topological polar surface area (TPSA) is 12.0 Å². The zero-order valence-corrected chi connectivity index (χ0v) is 10.1. The Balaban J connectivity index is 2.77. The average molecular weight is 263 g/mol. The first kappa shape index (κ1) is 10.9. The first-order valence-corrected chi connectivity index (χ1v) is 5.52. The van der Waals surface area contributed by atoms with Crippen molar-refractivity contribution < 1.29 is 0 Å². The highest BCUT2D eigenvalue weighted by Gasteiger charge is 2.02. The Morgan fingerprint density at radius 1 is 1.54 bits per heavy atom. The highest BCUT2D eigenvalue weighted by atomic mass is 79.9. The molecule has 0 saturated heterocycles. The molecule has 1 N–H and O–H groups in total. The van der Waals surface area contributed by atoms with E-state index in [1.165, 1.54) is 0 Å². The van der Waals surface area contributed by atoms with Crippen molar-refractivity contribution in [2.45, 2.75) is 26.3 Å². The van der Waals surface area contributed by atoms with Gasteiger partial charge in [-0.05, 0) is 47.5 Å². The molecule has 0 aliphatic rings. The first-order chi connectivity index (χ1) is 6.13. The fraction of sp³-hybridized carbons (Fsp3) is 0.400. The monoisotopic (exact) mass is 261 g/mol. The molecular formula is C10H13BrClN. The Morgan fingerprint density at radius 3 is 2.77 bits per heavy atom. The predicted octanol–water partition coefficient (Wildman–Crippen LogP) is 4.31. The summed E-state index contributed by atoms with van der Waals surface area (Å²) in [5.41, 5.74) is 1.10. The van der Waals surface area contributed by atoms with Crippen LogP contribution in [0.1, 0.15) is 20.3 Å². The highest BCUT2D eigenvalue weighted by Crippen LogP contribution is 2.26. The van der Waals surface area contributed by atoms with Gasteiger partial charge in [0.25, 0.3) is 0 Å². The third-order valence-corrected chi connectivity index (χ3v) is 2.84. The minimum Gasteiger partial charge on any atom is -0.382 e. The Hall–Kier alpha value is -0.210. The molecule has 0 spiro atoms. The second-order valence-corrected chi connectivity index (χ2v) is 4.37. The molecular weight excluding hydrogens is 249 g/mol. The van der Waals surface area contributed by atoms with Crippen LogP contribution in [0.2, 0.25) is 5.02 Å². The van der Waals surface area contributed by atoms with E-state index in [2.05, 4.69) is 35.1 Å². The number of anilines is 1. The van der Waals surface area contributed by atoms with Crippen molar-refractivity contribution in [2.24, 2.45) is 0 Å². The van der Waals surface area contributed by atoms with Crippen molar-refractivity contribution in [3.05, 3.63) is 27.7 Å². The van der Waals surface area contributed by atoms with Gasteiger partial charge in [-0.1, -0.05) is 18.5 Å². The maximum Gasteiger partial charge on any atom is 0.0487 e. The summed E-state index contributed by atoms with van der Waals surface area (Å²) in [5, 5.41) is 4.13. The maximum atomic E-state index is 5.83. The van der Waals surface area contributed by atoms with Crippen LogP contribution in [0.5, 0.6) is 0 Å². The van der Waals surface area contributed by atoms with E-state index in [0.717, 1.165) is 21.6 Å². The van der Waals surface area contributed by atoms with Crippen LogP contribution in [0.3, 0.4) is 0 Å². The van der Waals surface area contributed by atoms with E-state index >= 15 is 0 Å². The quantitative estimate of drug-likeness (QED) is 0.856. The Labute approximate surface area is 92.6 Å². The van der Waals surface area contributed by atoms with Gasteiger partial charge < -0.3 is 5.32 Å². The van der Waals surface area contributed by atoms with Crippen LogP contribution in [0.4, 0.5) is 5.69 Å². The van der Waals surface area contributed by atoms with Crippen molar-refractivity contribution in [1.29, 1.82) is 0 Å². The van der Waals surface area contributed by atoms with E-state index in [4.69, 9.17) is 11.6 Å². The van der Waals surface area contributed by atoms with Gasteiger partial charge in [0.1, 0.15) is 0 Å². The van der Waals surface area contributed by atoms with E-state index in [1.807, 2.05) is 18.2 Å². The molecule has 0 aliphatic carbocycles. The lowest BCUT2D eigenvalue weighted by atomic mass is 10.2. The zero-order valence-electron chi connectivity index (χ0n) is 7.77. The third-order valence-electron chi connectivity index (χ3n) is 1.95. The van der Waals surface area contributed by atoms with Crippen molar-refractivity contribution >= 4 is 33.2 Å². The Morgan fingerprint density at radius 2 is 2.23 bits per heavy atom. The van der Waals surface area contributed by atoms with E-state index in [-0.39, 0.29) is 0 Å². The number of nitrogens with one attached hydrogen (secondary N) is 1. The van der Waals surface area contributed by atoms with Gasteiger partial charge in [0.05, 0.1) is 0 Å². The standard InChI is InChI=1S/C10H13BrClN/c1-3-7(2)13-10-5-4-8(12)6-9(10)11/h4-7,13H,3H2,1-2H3. The largest absolute Gasteiger partial charge is 0.382 e. The zero-order chi connectivity index (χ0) is 9.84. The minimum atomic E-state index is 0.484. The molecule has 0 aromatic heterocycles. The summed E-state index contributed by atoms with van der Waals surface area (Å²) in [6.07, 6.45) is 1.11. The molecule has 0 bridgehead atoms. The fourth-order valence-electron chi connectivity index (χ4n) is 0.974. The molecule has 0 radical (unpaired) electrons. The highest BCUT2D eigenvalue weighted by molar-refractivity contribution is 9.10. The van der Waals surface area contributed by atoms with Gasteiger partial charge in [-0.2, -0.15) is 0 Å². The number of rotatable bonds is 3. The maximum absolute atomic E-state index is 5.83. The fourth-order valence-corrected chi connectivity index (χ4v) is 1.77. The van der Waals surface area contributed by atoms with Gasteiger partial charge in [-0.15, -0.1) is 0 Å². The van der Waals surface area contributed by atoms with Gasteiger partial charge in [0.15, 0.2) is 0 Å². The molecule has 1 atom stereocenters. The molecule has 13 heavy (non-hydrogen) atoms. The molecule has 1 aromatic carbocycles. The Kier molecular flexibility index (Phi) is 4.07. The number of hydrogen-bond donors (Lipinski definition) is 1. The van der Waals surface area contributed by atoms with Crippen molar-refractivity contribution in [2.75, 3.05) is 5.32 Å². The average Bonchev–Trinajstić information content (AvgIpc) is 2.09. The summed E-state index contributed by atoms with van der Waals surface area (Å²) in [6, 6.07) is 6.25. The van der Waals surface area contributed by atoms with Crippen molar-refractivity contribution in [3.8, 4) is 0 Å². The lowest BCUT2D eigenvalue weighted by molar-refractivity contribution is 0.763. The van der Waals surface area contributed by atoms with E-state index in [0.29, 0.717) is 6.04 Å². The molecule has 1 rings (SSSR count). The molecule has 1 nitrogen and oxygen atoms in total. The van der Waals surface area contributed by atoms with E-state index in [9.17, 15) is 0 Å². The second-order valence-electron chi connectivity index (χ2n) is 3.08. The normalized spacial score (nSPS) is 12.6. The molecule has 0 saturated carbocycles. The van der Waals surface area contributed by atoms with Crippen LogP contribution in [0, 0.1) is 0 Å². The summed E-state index contributed by atoms with van der Waals surface area (Å²) in [4.78, 5) is 0. The molecule has 1 unspecified atom stereocenters. The van der Waals surface area contributed by atoms with Gasteiger partial charge in [0.2, 0.25) is 0 Å². The molecule has 0 fully saturated rings. The molecule has 1 aromatic rings. The van der Waals surface area contributed by atoms with Crippen molar-refractivity contribution in [3.63, 3.8) is 0 Å². The van der Waals surface area contributed by atoms with Crippen LogP contribution in [-0.2, 0) is 0 Å². The number of halogens is 2. The molecule has 0 aliphatic heterocycles. The van der Waals surface area contributed by atoms with Crippen molar-refractivity contribution in [1.82, 2.24) is 0 Å². The smallest absolute Gasteiger partial charge is 0.0487 e. The number of hydrogen-bond acceptors (Lipinski definition) is 1. The summed E-state index contributed by atoms with van der Waals surface area (Å²) < 4.78 is 1.01. The summed E-state index contributed by atoms with van der Waals surface area (Å²) in [5.74, 6) is 0. The predicted molar refractivity (Wildman–Crippen MR) is 62.5 cm³/mol. The molecule has 72 valence electrons. The molecule has 0 amide bonds. The molecule has 3 heteroatoms. The first-order valence-electron chi connectivity index (χ1n) is 4.35. The van der Waals surface area contributed by atoms with Crippen LogP contribution >= 0.6 is 27.5 Å². The minimum absolute atomic E-state index is 0.484. The summed E-state index contributed by atoms with van der Waals surface area (Å²) in [6.45, 7) is 4.31. The lowest BCUT2D eigenvalue weighted by Crippen LogP contribution is -2.13. The van der Waals surface area contributed by atoms with Crippen LogP contribution in [-0.4, -0.2) is 6.04 Å². The van der Waals surface area contributed by atoms with Gasteiger partial charge in [-0.25, -0.2) is 0 Å². The van der Waals surface area contributed by atoms with Gasteiger partial charge >= 0.3 is 0 Å². The lowest BCUT2D eigenvalue weighted by Gasteiger charge is -2.14. The number of benzene rings is 1. The van der Waals surface area contributed by atoms with E-state index < -0.39 is 0 Å². The summed E-state index contributed by atoms with van der Waals surface area (Å²) >= 11 is 9.29. The van der Waals surface area contributed by atoms with Crippen LogP contribution in [0.15, 0.2) is 22.7 Å². The molecule has 0 heterocycles. The van der Waals surface area contributed by atoms with Crippen LogP contribution in [0.25, 0.3) is 0 Å². The third kappa shape index (κ3) is 3.20. The summed E-state index contributed by atoms with van der Waals surface area (Å²) in [7, 11) is 0. The second kappa shape index (κ2) is 4.87. The van der Waals surface area contributed by atoms with E-state index in [1.54, 1.807) is 0 Å². The Bertz CT molecular complexity index is 288. The van der Waals surface area contributed by atoms with Crippen LogP contribution < -0.4 is 5.32 Å². The SMILES string of the molecule is CCC(C)Nc1ccc(Cl)cc1Br. The van der Waals surface area contributed by atoms with Gasteiger partial charge in [-0.3, -0.25) is 0 Å².